The highest BCUT2D eigenvalue weighted by molar-refractivity contribution is 9.11. The van der Waals surface area contributed by atoms with Crippen LogP contribution < -0.4 is 11.1 Å². The maximum atomic E-state index is 11.9. The molecule has 8 heteroatoms. The molecular formula is C11H10Br2N2O4. The highest BCUT2D eigenvalue weighted by Crippen LogP contribution is 2.22. The number of benzene rings is 1. The van der Waals surface area contributed by atoms with E-state index in [0.717, 1.165) is 4.47 Å². The molecule has 0 bridgehead atoms. The fourth-order valence-electron chi connectivity index (χ4n) is 1.31. The van der Waals surface area contributed by atoms with Crippen LogP contribution in [0.15, 0.2) is 27.1 Å². The molecule has 0 aliphatic heterocycles. The van der Waals surface area contributed by atoms with Crippen LogP contribution in [0.1, 0.15) is 16.8 Å². The molecule has 4 N–H and O–H groups in total. The van der Waals surface area contributed by atoms with E-state index in [9.17, 15) is 14.4 Å². The fraction of sp³-hybridized carbons (Fsp3) is 0.182. The number of aliphatic carboxylic acids is 1. The summed E-state index contributed by atoms with van der Waals surface area (Å²) in [4.78, 5) is 33.5. The molecule has 0 heterocycles. The van der Waals surface area contributed by atoms with Crippen molar-refractivity contribution in [2.75, 3.05) is 0 Å². The molecule has 6 nitrogen and oxygen atoms in total. The average molecular weight is 394 g/mol. The summed E-state index contributed by atoms with van der Waals surface area (Å²) in [5.74, 6) is -2.73. The van der Waals surface area contributed by atoms with Gasteiger partial charge in [-0.3, -0.25) is 9.59 Å². The molecule has 0 saturated heterocycles. The number of carboxylic acid groups (broad SMARTS) is 1. The van der Waals surface area contributed by atoms with Gasteiger partial charge < -0.3 is 16.2 Å². The van der Waals surface area contributed by atoms with Crippen LogP contribution >= 0.6 is 31.9 Å². The monoisotopic (exact) mass is 392 g/mol. The predicted octanol–water partition coefficient (Wildman–Crippen LogP) is 1.27. The third-order valence-electron chi connectivity index (χ3n) is 2.18. The van der Waals surface area contributed by atoms with E-state index in [1.54, 1.807) is 12.1 Å². The maximum absolute atomic E-state index is 11.9. The number of nitrogens with two attached hydrogens (primary N) is 1. The number of hydrogen-bond donors (Lipinski definition) is 3. The second kappa shape index (κ2) is 6.67. The number of primary amides is 1. The molecule has 0 unspecified atom stereocenters. The Balaban J connectivity index is 2.87. The van der Waals surface area contributed by atoms with Crippen LogP contribution in [-0.2, 0) is 9.59 Å². The number of carbonyl (C=O) groups excluding carboxylic acids is 2. The third kappa shape index (κ3) is 4.64. The highest BCUT2D eigenvalue weighted by Gasteiger charge is 2.23. The first kappa shape index (κ1) is 15.6. The summed E-state index contributed by atoms with van der Waals surface area (Å²) in [6.45, 7) is 0. The zero-order valence-corrected chi connectivity index (χ0v) is 12.7. The van der Waals surface area contributed by atoms with Gasteiger partial charge in [0.05, 0.1) is 12.0 Å². The Hall–Kier alpha value is -1.41. The van der Waals surface area contributed by atoms with E-state index in [2.05, 4.69) is 37.2 Å². The van der Waals surface area contributed by atoms with Crippen molar-refractivity contribution < 1.29 is 19.5 Å². The van der Waals surface area contributed by atoms with Gasteiger partial charge >= 0.3 is 5.97 Å². The smallest absolute Gasteiger partial charge is 0.326 e. The molecule has 0 fully saturated rings. The van der Waals surface area contributed by atoms with Gasteiger partial charge in [-0.05, 0) is 34.1 Å². The predicted molar refractivity (Wildman–Crippen MR) is 74.5 cm³/mol. The fourth-order valence-corrected chi connectivity index (χ4v) is 2.54. The minimum atomic E-state index is -1.35. The second-order valence-electron chi connectivity index (χ2n) is 3.66. The summed E-state index contributed by atoms with van der Waals surface area (Å²) in [6, 6.07) is 3.47. The molecular weight excluding hydrogens is 384 g/mol. The number of carboxylic acids is 1. The lowest BCUT2D eigenvalue weighted by atomic mass is 10.1. The van der Waals surface area contributed by atoms with E-state index in [-0.39, 0.29) is 5.56 Å². The summed E-state index contributed by atoms with van der Waals surface area (Å²) >= 11 is 6.43. The minimum absolute atomic E-state index is 0.263. The van der Waals surface area contributed by atoms with Gasteiger partial charge in [0.2, 0.25) is 5.91 Å². The zero-order chi connectivity index (χ0) is 14.6. The molecule has 1 atom stereocenters. The van der Waals surface area contributed by atoms with Crippen LogP contribution in [0.4, 0.5) is 0 Å². The van der Waals surface area contributed by atoms with Gasteiger partial charge in [-0.2, -0.15) is 0 Å². The summed E-state index contributed by atoms with van der Waals surface area (Å²) in [5.41, 5.74) is 5.19. The summed E-state index contributed by atoms with van der Waals surface area (Å²) < 4.78 is 1.27. The van der Waals surface area contributed by atoms with E-state index in [4.69, 9.17) is 10.8 Å². The normalized spacial score (nSPS) is 11.7. The Morgan fingerprint density at radius 1 is 1.32 bits per heavy atom. The molecule has 0 aliphatic rings. The molecule has 1 aromatic rings. The molecule has 0 spiro atoms. The summed E-state index contributed by atoms with van der Waals surface area (Å²) in [6.07, 6.45) is -0.463. The minimum Gasteiger partial charge on any atom is -0.480 e. The molecule has 19 heavy (non-hydrogen) atoms. The van der Waals surface area contributed by atoms with Crippen LogP contribution in [0, 0.1) is 0 Å². The lowest BCUT2D eigenvalue weighted by Gasteiger charge is -2.13. The van der Waals surface area contributed by atoms with Gasteiger partial charge in [0, 0.05) is 8.95 Å². The molecule has 2 amide bonds. The molecule has 0 aliphatic carbocycles. The molecule has 0 saturated carbocycles. The Bertz CT molecular complexity index is 533. The van der Waals surface area contributed by atoms with Crippen molar-refractivity contribution in [3.8, 4) is 0 Å². The highest BCUT2D eigenvalue weighted by atomic mass is 79.9. The number of halogens is 2. The first-order valence-electron chi connectivity index (χ1n) is 5.08. The van der Waals surface area contributed by atoms with E-state index >= 15 is 0 Å². The van der Waals surface area contributed by atoms with Crippen LogP contribution in [0.25, 0.3) is 0 Å². The lowest BCUT2D eigenvalue weighted by Crippen LogP contribution is -2.43. The molecule has 1 rings (SSSR count). The van der Waals surface area contributed by atoms with Gasteiger partial charge in [-0.15, -0.1) is 0 Å². The van der Waals surface area contributed by atoms with Gasteiger partial charge in [0.1, 0.15) is 6.04 Å². The number of rotatable bonds is 5. The van der Waals surface area contributed by atoms with E-state index in [1.165, 1.54) is 6.07 Å². The van der Waals surface area contributed by atoms with Crippen molar-refractivity contribution in [2.45, 2.75) is 12.5 Å². The number of nitrogens with one attached hydrogen (secondary N) is 1. The van der Waals surface area contributed by atoms with Crippen molar-refractivity contribution in [1.82, 2.24) is 5.32 Å². The summed E-state index contributed by atoms with van der Waals surface area (Å²) in [5, 5.41) is 11.1. The van der Waals surface area contributed by atoms with Gasteiger partial charge in [0.25, 0.3) is 5.91 Å². The zero-order valence-electron chi connectivity index (χ0n) is 9.52. The topological polar surface area (TPSA) is 109 Å². The standard InChI is InChI=1S/C11H10Br2N2O4/c12-5-1-2-6(7(13)3-5)10(17)15-8(11(18)19)4-9(14)16/h1-3,8H,4H2,(H2,14,16)(H,15,17)(H,18,19)/t8-/m0/s1. The van der Waals surface area contributed by atoms with Crippen LogP contribution in [0.5, 0.6) is 0 Å². The van der Waals surface area contributed by atoms with Gasteiger partial charge in [-0.25, -0.2) is 4.79 Å². The van der Waals surface area contributed by atoms with Crippen molar-refractivity contribution in [2.24, 2.45) is 5.73 Å². The van der Waals surface area contributed by atoms with Gasteiger partial charge in [-0.1, -0.05) is 15.9 Å². The van der Waals surface area contributed by atoms with Crippen molar-refractivity contribution in [3.63, 3.8) is 0 Å². The first-order chi connectivity index (χ1) is 8.81. The van der Waals surface area contributed by atoms with Crippen LogP contribution in [0.3, 0.4) is 0 Å². The Kier molecular flexibility index (Phi) is 5.49. The maximum Gasteiger partial charge on any atom is 0.326 e. The quantitative estimate of drug-likeness (QED) is 0.699. The molecule has 0 radical (unpaired) electrons. The van der Waals surface area contributed by atoms with E-state index in [0.29, 0.717) is 4.47 Å². The van der Waals surface area contributed by atoms with Crippen LogP contribution in [0.2, 0.25) is 0 Å². The summed E-state index contributed by atoms with van der Waals surface area (Å²) in [7, 11) is 0. The Morgan fingerprint density at radius 3 is 2.42 bits per heavy atom. The Labute approximate surface area is 125 Å². The van der Waals surface area contributed by atoms with Crippen molar-refractivity contribution in [3.05, 3.63) is 32.7 Å². The number of carbonyl (C=O) groups is 3. The van der Waals surface area contributed by atoms with E-state index in [1.807, 2.05) is 0 Å². The second-order valence-corrected chi connectivity index (χ2v) is 5.43. The molecule has 1 aromatic carbocycles. The number of hydrogen-bond acceptors (Lipinski definition) is 3. The third-order valence-corrected chi connectivity index (χ3v) is 3.33. The van der Waals surface area contributed by atoms with E-state index < -0.39 is 30.2 Å². The van der Waals surface area contributed by atoms with Crippen molar-refractivity contribution in [1.29, 1.82) is 0 Å². The first-order valence-corrected chi connectivity index (χ1v) is 6.67. The molecule has 102 valence electrons. The average Bonchev–Trinajstić information content (AvgIpc) is 2.26. The largest absolute Gasteiger partial charge is 0.480 e. The SMILES string of the molecule is NC(=O)C[C@H](NC(=O)c1ccc(Br)cc1Br)C(=O)O. The number of amides is 2. The molecule has 0 aromatic heterocycles. The van der Waals surface area contributed by atoms with Crippen molar-refractivity contribution >= 4 is 49.6 Å². The van der Waals surface area contributed by atoms with Gasteiger partial charge in [0.15, 0.2) is 0 Å². The Morgan fingerprint density at radius 2 is 1.95 bits per heavy atom. The lowest BCUT2D eigenvalue weighted by molar-refractivity contribution is -0.140. The van der Waals surface area contributed by atoms with Crippen LogP contribution in [-0.4, -0.2) is 28.9 Å².